The number of benzene rings is 1. The van der Waals surface area contributed by atoms with E-state index < -0.39 is 5.91 Å². The fourth-order valence-corrected chi connectivity index (χ4v) is 1.95. The molecule has 1 atom stereocenters. The van der Waals surface area contributed by atoms with Crippen LogP contribution >= 0.6 is 0 Å². The minimum atomic E-state index is -0.528. The van der Waals surface area contributed by atoms with Crippen LogP contribution < -0.4 is 16.0 Å². The van der Waals surface area contributed by atoms with E-state index in [2.05, 4.69) is 43.4 Å². The molecule has 110 valence electrons. The lowest BCUT2D eigenvalue weighted by Gasteiger charge is -2.14. The fourth-order valence-electron chi connectivity index (χ4n) is 1.95. The van der Waals surface area contributed by atoms with Gasteiger partial charge in [-0.25, -0.2) is 0 Å². The predicted octanol–water partition coefficient (Wildman–Crippen LogP) is -0.574. The molecule has 0 bridgehead atoms. The molecule has 0 heterocycles. The maximum Gasteiger partial charge on any atom is 0.275 e. The van der Waals surface area contributed by atoms with E-state index in [0.29, 0.717) is 12.5 Å². The molecule has 5 nitrogen and oxygen atoms in total. The Morgan fingerprint density at radius 1 is 1.25 bits per heavy atom. The van der Waals surface area contributed by atoms with Crippen LogP contribution in [0.2, 0.25) is 0 Å². The Morgan fingerprint density at radius 3 is 2.35 bits per heavy atom. The first-order chi connectivity index (χ1) is 9.38. The van der Waals surface area contributed by atoms with Crippen molar-refractivity contribution < 1.29 is 14.5 Å². The number of nitrogens with one attached hydrogen (secondary N) is 2. The molecule has 0 spiro atoms. The molecule has 0 saturated heterocycles. The van der Waals surface area contributed by atoms with E-state index >= 15 is 0 Å². The van der Waals surface area contributed by atoms with Crippen molar-refractivity contribution in [1.29, 1.82) is 0 Å². The van der Waals surface area contributed by atoms with E-state index in [1.165, 1.54) is 11.1 Å². The molecule has 2 amide bonds. The second kappa shape index (κ2) is 7.65. The molecule has 5 heteroatoms. The van der Waals surface area contributed by atoms with E-state index in [4.69, 9.17) is 5.73 Å². The minimum absolute atomic E-state index is 0.102. The second-order valence-corrected chi connectivity index (χ2v) is 5.45. The van der Waals surface area contributed by atoms with Gasteiger partial charge in [0, 0.05) is 5.56 Å². The largest absolute Gasteiger partial charge is 0.368 e. The summed E-state index contributed by atoms with van der Waals surface area (Å²) in [5.41, 5.74) is 7.47. The number of hydrogen-bond donors (Lipinski definition) is 3. The first kappa shape index (κ1) is 16.2. The SMILES string of the molecule is CC(C)c1ccc(C[NH+](C)CC(=O)NCC(N)=O)cc1. The van der Waals surface area contributed by atoms with Crippen LogP contribution in [0.25, 0.3) is 0 Å². The summed E-state index contributed by atoms with van der Waals surface area (Å²) in [6.07, 6.45) is 0. The monoisotopic (exact) mass is 278 g/mol. The van der Waals surface area contributed by atoms with Gasteiger partial charge in [-0.05, 0) is 11.5 Å². The third-order valence-electron chi connectivity index (χ3n) is 3.07. The molecule has 1 unspecified atom stereocenters. The van der Waals surface area contributed by atoms with Gasteiger partial charge in [0.05, 0.1) is 13.6 Å². The molecule has 20 heavy (non-hydrogen) atoms. The van der Waals surface area contributed by atoms with Crippen molar-refractivity contribution in [2.45, 2.75) is 26.3 Å². The zero-order chi connectivity index (χ0) is 15.1. The highest BCUT2D eigenvalue weighted by Crippen LogP contribution is 2.14. The van der Waals surface area contributed by atoms with Gasteiger partial charge in [0.25, 0.3) is 5.91 Å². The maximum atomic E-state index is 11.6. The standard InChI is InChI=1S/C15H23N3O2/c1-11(2)13-6-4-12(5-7-13)9-18(3)10-15(20)17-8-14(16)19/h4-7,11H,8-10H2,1-3H3,(H2,16,19)(H,17,20)/p+1. The number of primary amides is 1. The number of quaternary nitrogens is 1. The molecule has 1 rings (SSSR count). The van der Waals surface area contributed by atoms with Crippen molar-refractivity contribution >= 4 is 11.8 Å². The highest BCUT2D eigenvalue weighted by molar-refractivity contribution is 5.84. The van der Waals surface area contributed by atoms with Crippen LogP contribution in [-0.4, -0.2) is 32.0 Å². The Kier molecular flexibility index (Phi) is 6.18. The Balaban J connectivity index is 2.43. The number of likely N-dealkylation sites (N-methyl/N-ethyl adjacent to an activating group) is 1. The number of hydrogen-bond acceptors (Lipinski definition) is 2. The van der Waals surface area contributed by atoms with Gasteiger partial charge in [0.1, 0.15) is 6.54 Å². The molecule has 0 aromatic heterocycles. The second-order valence-electron chi connectivity index (χ2n) is 5.45. The average Bonchev–Trinajstić information content (AvgIpc) is 2.36. The van der Waals surface area contributed by atoms with Crippen LogP contribution in [0.4, 0.5) is 0 Å². The van der Waals surface area contributed by atoms with Gasteiger partial charge in [0.2, 0.25) is 5.91 Å². The van der Waals surface area contributed by atoms with E-state index in [9.17, 15) is 9.59 Å². The summed E-state index contributed by atoms with van der Waals surface area (Å²) in [6, 6.07) is 8.45. The molecule has 0 aliphatic carbocycles. The summed E-state index contributed by atoms with van der Waals surface area (Å²) in [5.74, 6) is -0.172. The maximum absolute atomic E-state index is 11.6. The van der Waals surface area contributed by atoms with Crippen molar-refractivity contribution in [1.82, 2.24) is 5.32 Å². The molecular weight excluding hydrogens is 254 g/mol. The highest BCUT2D eigenvalue weighted by Gasteiger charge is 2.11. The third-order valence-corrected chi connectivity index (χ3v) is 3.07. The summed E-state index contributed by atoms with van der Waals surface area (Å²) < 4.78 is 0. The molecule has 1 aromatic rings. The quantitative estimate of drug-likeness (QED) is 0.624. The van der Waals surface area contributed by atoms with Crippen molar-refractivity contribution in [3.8, 4) is 0 Å². The molecule has 1 aromatic carbocycles. The molecule has 4 N–H and O–H groups in total. The van der Waals surface area contributed by atoms with Crippen LogP contribution in [0.1, 0.15) is 30.9 Å². The van der Waals surface area contributed by atoms with Crippen LogP contribution in [0.3, 0.4) is 0 Å². The summed E-state index contributed by atoms with van der Waals surface area (Å²) in [7, 11) is 1.94. The van der Waals surface area contributed by atoms with Crippen LogP contribution in [0, 0.1) is 0 Å². The number of rotatable bonds is 7. The predicted molar refractivity (Wildman–Crippen MR) is 78.2 cm³/mol. The number of amides is 2. The van der Waals surface area contributed by atoms with Gasteiger partial charge in [-0.2, -0.15) is 0 Å². The Bertz CT molecular complexity index is 455. The number of carbonyl (C=O) groups is 2. The van der Waals surface area contributed by atoms with Crippen molar-refractivity contribution in [3.63, 3.8) is 0 Å². The summed E-state index contributed by atoms with van der Waals surface area (Å²) in [5, 5.41) is 2.49. The van der Waals surface area contributed by atoms with E-state index in [-0.39, 0.29) is 12.5 Å². The minimum Gasteiger partial charge on any atom is -0.368 e. The van der Waals surface area contributed by atoms with Gasteiger partial charge in [-0.1, -0.05) is 38.1 Å². The van der Waals surface area contributed by atoms with Crippen LogP contribution in [-0.2, 0) is 16.1 Å². The molecule has 0 aliphatic heterocycles. The van der Waals surface area contributed by atoms with Crippen LogP contribution in [0.15, 0.2) is 24.3 Å². The Hall–Kier alpha value is -1.88. The molecule has 0 saturated carbocycles. The van der Waals surface area contributed by atoms with Crippen LogP contribution in [0.5, 0.6) is 0 Å². The van der Waals surface area contributed by atoms with E-state index in [1.54, 1.807) is 0 Å². The van der Waals surface area contributed by atoms with Crippen molar-refractivity contribution in [2.75, 3.05) is 20.1 Å². The lowest BCUT2D eigenvalue weighted by atomic mass is 10.0. The fraction of sp³-hybridized carbons (Fsp3) is 0.467. The van der Waals surface area contributed by atoms with Gasteiger partial charge < -0.3 is 16.0 Å². The van der Waals surface area contributed by atoms with Gasteiger partial charge in [0.15, 0.2) is 6.54 Å². The average molecular weight is 278 g/mol. The first-order valence-electron chi connectivity index (χ1n) is 6.83. The first-order valence-corrected chi connectivity index (χ1v) is 6.83. The summed E-state index contributed by atoms with van der Waals surface area (Å²) in [6.45, 7) is 5.31. The van der Waals surface area contributed by atoms with Crippen molar-refractivity contribution in [3.05, 3.63) is 35.4 Å². The lowest BCUT2D eigenvalue weighted by Crippen LogP contribution is -3.08. The number of carbonyl (C=O) groups excluding carboxylic acids is 2. The zero-order valence-electron chi connectivity index (χ0n) is 12.4. The number of nitrogens with two attached hydrogens (primary N) is 1. The van der Waals surface area contributed by atoms with Gasteiger partial charge in [-0.15, -0.1) is 0 Å². The zero-order valence-corrected chi connectivity index (χ0v) is 12.4. The molecular formula is C15H24N3O2+. The Morgan fingerprint density at radius 2 is 1.85 bits per heavy atom. The van der Waals surface area contributed by atoms with Gasteiger partial charge in [-0.3, -0.25) is 9.59 Å². The Labute approximate surface area is 120 Å². The van der Waals surface area contributed by atoms with E-state index in [1.807, 2.05) is 7.05 Å². The molecule has 0 radical (unpaired) electrons. The van der Waals surface area contributed by atoms with Crippen molar-refractivity contribution in [2.24, 2.45) is 5.73 Å². The summed E-state index contributed by atoms with van der Waals surface area (Å²) >= 11 is 0. The smallest absolute Gasteiger partial charge is 0.275 e. The lowest BCUT2D eigenvalue weighted by molar-refractivity contribution is -0.885. The normalized spacial score (nSPS) is 12.2. The molecule has 0 aliphatic rings. The third kappa shape index (κ3) is 5.84. The summed E-state index contributed by atoms with van der Waals surface area (Å²) in [4.78, 5) is 23.2. The highest BCUT2D eigenvalue weighted by atomic mass is 16.2. The molecule has 0 fully saturated rings. The van der Waals surface area contributed by atoms with Gasteiger partial charge >= 0.3 is 0 Å². The topological polar surface area (TPSA) is 76.6 Å². The van der Waals surface area contributed by atoms with E-state index in [0.717, 1.165) is 11.4 Å².